The average Bonchev–Trinajstić information content (AvgIpc) is 3.78. The minimum absolute atomic E-state index is 0.598. The summed E-state index contributed by atoms with van der Waals surface area (Å²) in [5.74, 6) is 1.86. The van der Waals surface area contributed by atoms with Gasteiger partial charge in [-0.3, -0.25) is 0 Å². The predicted molar refractivity (Wildman–Crippen MR) is 217 cm³/mol. The fraction of sp³-hybridized carbons (Fsp3) is 0. The van der Waals surface area contributed by atoms with Crippen molar-refractivity contribution in [2.24, 2.45) is 0 Å². The first-order valence-electron chi connectivity index (χ1n) is 17.3. The van der Waals surface area contributed by atoms with Crippen molar-refractivity contribution in [3.63, 3.8) is 0 Å². The van der Waals surface area contributed by atoms with Crippen LogP contribution < -0.4 is 0 Å². The second-order valence-electron chi connectivity index (χ2n) is 13.2. The predicted octanol–water partition coefficient (Wildman–Crippen LogP) is 13.1. The summed E-state index contributed by atoms with van der Waals surface area (Å²) in [6.45, 7) is 0. The smallest absolute Gasteiger partial charge is 0.164 e. The summed E-state index contributed by atoms with van der Waals surface area (Å²) in [7, 11) is 0. The van der Waals surface area contributed by atoms with Crippen LogP contribution in [0.5, 0.6) is 0 Å². The molecule has 0 aliphatic carbocycles. The number of rotatable bonds is 4. The van der Waals surface area contributed by atoms with E-state index in [2.05, 4.69) is 133 Å². The summed E-state index contributed by atoms with van der Waals surface area (Å²) in [6, 6.07) is 57.3. The lowest BCUT2D eigenvalue weighted by molar-refractivity contribution is 0.669. The Kier molecular flexibility index (Phi) is 6.39. The number of fused-ring (bicyclic) bond motifs is 9. The van der Waals surface area contributed by atoms with Gasteiger partial charge in [-0.2, -0.15) is 0 Å². The normalized spacial score (nSPS) is 11.8. The largest absolute Gasteiger partial charge is 0.456 e. The topological polar surface area (TPSA) is 51.8 Å². The van der Waals surface area contributed by atoms with Gasteiger partial charge < -0.3 is 4.42 Å². The third-order valence-electron chi connectivity index (χ3n) is 10.1. The van der Waals surface area contributed by atoms with Crippen LogP contribution in [0.1, 0.15) is 0 Å². The van der Waals surface area contributed by atoms with Crippen LogP contribution in [-0.2, 0) is 0 Å². The summed E-state index contributed by atoms with van der Waals surface area (Å²) in [5, 5.41) is 9.35. The lowest BCUT2D eigenvalue weighted by Crippen LogP contribution is -2.00. The highest BCUT2D eigenvalue weighted by Gasteiger charge is 2.18. The molecule has 0 saturated heterocycles. The lowest BCUT2D eigenvalue weighted by atomic mass is 9.97. The quantitative estimate of drug-likeness (QED) is 0.174. The molecular weight excluding hydrogens is 655 g/mol. The van der Waals surface area contributed by atoms with Crippen molar-refractivity contribution in [1.82, 2.24) is 15.0 Å². The Labute approximate surface area is 302 Å². The highest BCUT2D eigenvalue weighted by atomic mass is 32.1. The molecule has 4 nitrogen and oxygen atoms in total. The van der Waals surface area contributed by atoms with Crippen molar-refractivity contribution in [3.8, 4) is 45.3 Å². The van der Waals surface area contributed by atoms with Crippen molar-refractivity contribution in [2.45, 2.75) is 0 Å². The van der Waals surface area contributed by atoms with Gasteiger partial charge in [0.25, 0.3) is 0 Å². The Morgan fingerprint density at radius 3 is 1.81 bits per heavy atom. The molecule has 52 heavy (non-hydrogen) atoms. The number of thiophene rings is 1. The molecule has 0 saturated carbocycles. The van der Waals surface area contributed by atoms with Crippen LogP contribution >= 0.6 is 11.3 Å². The molecule has 8 aromatic carbocycles. The molecule has 0 amide bonds. The fourth-order valence-corrected chi connectivity index (χ4v) is 8.88. The van der Waals surface area contributed by atoms with Crippen LogP contribution in [-0.4, -0.2) is 15.0 Å². The zero-order chi connectivity index (χ0) is 34.2. The van der Waals surface area contributed by atoms with Crippen LogP contribution in [0.25, 0.3) is 109 Å². The lowest BCUT2D eigenvalue weighted by Gasteiger charge is -2.12. The van der Waals surface area contributed by atoms with Gasteiger partial charge in [0, 0.05) is 47.6 Å². The van der Waals surface area contributed by atoms with E-state index < -0.39 is 0 Å². The molecule has 0 aliphatic rings. The van der Waals surface area contributed by atoms with Crippen LogP contribution in [0.2, 0.25) is 0 Å². The van der Waals surface area contributed by atoms with Crippen LogP contribution in [0.15, 0.2) is 168 Å². The first kappa shape index (κ1) is 29.1. The number of nitrogens with zero attached hydrogens (tertiary/aromatic N) is 3. The van der Waals surface area contributed by atoms with E-state index in [-0.39, 0.29) is 0 Å². The first-order chi connectivity index (χ1) is 25.7. The van der Waals surface area contributed by atoms with Crippen molar-refractivity contribution in [2.75, 3.05) is 0 Å². The van der Waals surface area contributed by atoms with Crippen molar-refractivity contribution in [1.29, 1.82) is 0 Å². The average molecular weight is 682 g/mol. The van der Waals surface area contributed by atoms with Crippen molar-refractivity contribution in [3.05, 3.63) is 164 Å². The molecule has 0 aliphatic heterocycles. The summed E-state index contributed by atoms with van der Waals surface area (Å²) < 4.78 is 9.21. The zero-order valence-electron chi connectivity index (χ0n) is 27.7. The number of benzene rings is 8. The van der Waals surface area contributed by atoms with Gasteiger partial charge in [0.1, 0.15) is 11.2 Å². The van der Waals surface area contributed by atoms with Crippen LogP contribution in [0, 0.1) is 0 Å². The van der Waals surface area contributed by atoms with Gasteiger partial charge in [0.15, 0.2) is 17.5 Å². The Morgan fingerprint density at radius 2 is 0.981 bits per heavy atom. The Balaban J connectivity index is 1.07. The number of furan rings is 1. The first-order valence-corrected chi connectivity index (χ1v) is 18.2. The maximum Gasteiger partial charge on any atom is 0.164 e. The van der Waals surface area contributed by atoms with E-state index in [1.165, 1.54) is 36.5 Å². The highest BCUT2D eigenvalue weighted by Crippen LogP contribution is 2.42. The third kappa shape index (κ3) is 4.57. The van der Waals surface area contributed by atoms with Gasteiger partial charge in [-0.05, 0) is 69.1 Å². The highest BCUT2D eigenvalue weighted by molar-refractivity contribution is 7.26. The van der Waals surface area contributed by atoms with E-state index in [9.17, 15) is 0 Å². The summed E-state index contributed by atoms with van der Waals surface area (Å²) >= 11 is 1.84. The monoisotopic (exact) mass is 681 g/mol. The van der Waals surface area contributed by atoms with E-state index in [0.29, 0.717) is 17.5 Å². The second-order valence-corrected chi connectivity index (χ2v) is 14.2. The number of aromatic nitrogens is 3. The van der Waals surface area contributed by atoms with Crippen molar-refractivity contribution < 1.29 is 4.42 Å². The molecule has 11 aromatic rings. The minimum atomic E-state index is 0.598. The van der Waals surface area contributed by atoms with Gasteiger partial charge in [-0.15, -0.1) is 11.3 Å². The van der Waals surface area contributed by atoms with Gasteiger partial charge in [0.05, 0.1) is 0 Å². The molecular formula is C47H27N3OS. The van der Waals surface area contributed by atoms with E-state index >= 15 is 0 Å². The van der Waals surface area contributed by atoms with Gasteiger partial charge in [-0.1, -0.05) is 127 Å². The second kappa shape index (κ2) is 11.4. The Hall–Kier alpha value is -6.69. The van der Waals surface area contributed by atoms with Crippen LogP contribution in [0.3, 0.4) is 0 Å². The molecule has 5 heteroatoms. The molecule has 0 atom stereocenters. The maximum absolute atomic E-state index is 6.62. The van der Waals surface area contributed by atoms with Gasteiger partial charge in [-0.25, -0.2) is 15.0 Å². The SMILES string of the molecule is c1ccc(-c2nc(-c3ccc4c(c3)oc3cc(-c5cccc6c5sc5ccccc56)ccc34)nc(-c3cc4ccccc4c4ccccc34)n2)cc1. The molecule has 0 bridgehead atoms. The Bertz CT molecular complexity index is 3200. The standard InChI is InChI=1S/C47H27N3OS/c1-2-11-28(12-3-1)45-48-46(50-47(49-45)40-25-29-13-4-5-14-32(29)34-15-6-7-16-35(34)40)31-22-24-37-36-23-21-30(26-41(36)51-42(37)27-31)33-18-10-19-39-38-17-8-9-20-43(38)52-44(33)39/h1-27H. The molecule has 0 N–H and O–H groups in total. The third-order valence-corrected chi connectivity index (χ3v) is 11.3. The summed E-state index contributed by atoms with van der Waals surface area (Å²) in [4.78, 5) is 15.3. The van der Waals surface area contributed by atoms with E-state index in [4.69, 9.17) is 19.4 Å². The van der Waals surface area contributed by atoms with Gasteiger partial charge >= 0.3 is 0 Å². The molecule has 0 unspecified atom stereocenters. The van der Waals surface area contributed by atoms with E-state index in [1.54, 1.807) is 0 Å². The Morgan fingerprint density at radius 1 is 0.365 bits per heavy atom. The number of hydrogen-bond donors (Lipinski definition) is 0. The number of hydrogen-bond acceptors (Lipinski definition) is 5. The van der Waals surface area contributed by atoms with E-state index in [1.807, 2.05) is 41.7 Å². The maximum atomic E-state index is 6.62. The minimum Gasteiger partial charge on any atom is -0.456 e. The van der Waals surface area contributed by atoms with E-state index in [0.717, 1.165) is 55.0 Å². The molecule has 0 spiro atoms. The molecule has 0 fully saturated rings. The van der Waals surface area contributed by atoms with Crippen LogP contribution in [0.4, 0.5) is 0 Å². The van der Waals surface area contributed by atoms with Crippen molar-refractivity contribution >= 4 is 75.0 Å². The molecule has 11 rings (SSSR count). The fourth-order valence-electron chi connectivity index (χ4n) is 7.64. The summed E-state index contributed by atoms with van der Waals surface area (Å²) in [6.07, 6.45) is 0. The zero-order valence-corrected chi connectivity index (χ0v) is 28.6. The molecule has 3 aromatic heterocycles. The van der Waals surface area contributed by atoms with Gasteiger partial charge in [0.2, 0.25) is 0 Å². The molecule has 242 valence electrons. The summed E-state index contributed by atoms with van der Waals surface area (Å²) in [5.41, 5.74) is 6.78. The molecule has 0 radical (unpaired) electrons. The molecule has 3 heterocycles.